The normalized spacial score (nSPS) is 17.5. The molecular formula is C22H22N4O5. The number of aliphatic imine (C=N–C) groups is 1. The molecule has 160 valence electrons. The van der Waals surface area contributed by atoms with Crippen molar-refractivity contribution in [2.45, 2.75) is 13.0 Å². The summed E-state index contributed by atoms with van der Waals surface area (Å²) >= 11 is 0. The van der Waals surface area contributed by atoms with Crippen LogP contribution in [-0.4, -0.2) is 66.3 Å². The van der Waals surface area contributed by atoms with Crippen molar-refractivity contribution in [3.63, 3.8) is 0 Å². The highest BCUT2D eigenvalue weighted by Gasteiger charge is 2.34. The number of aromatic nitrogens is 1. The largest absolute Gasteiger partial charge is 0.461 e. The molecule has 2 aliphatic rings. The first-order valence-corrected chi connectivity index (χ1v) is 10.1. The predicted molar refractivity (Wildman–Crippen MR) is 111 cm³/mol. The summed E-state index contributed by atoms with van der Waals surface area (Å²) in [5.41, 5.74) is 1.99. The lowest BCUT2D eigenvalue weighted by atomic mass is 10.0. The van der Waals surface area contributed by atoms with Crippen LogP contribution in [0.4, 0.5) is 5.69 Å². The Hall–Kier alpha value is -3.59. The van der Waals surface area contributed by atoms with Crippen LogP contribution < -0.4 is 5.32 Å². The Kier molecular flexibility index (Phi) is 6.03. The molecule has 2 aromatic rings. The van der Waals surface area contributed by atoms with Gasteiger partial charge in [0, 0.05) is 24.8 Å². The number of amides is 2. The summed E-state index contributed by atoms with van der Waals surface area (Å²) in [5, 5.41) is 2.83. The van der Waals surface area contributed by atoms with Gasteiger partial charge in [0.2, 0.25) is 0 Å². The molecule has 3 heterocycles. The van der Waals surface area contributed by atoms with Gasteiger partial charge < -0.3 is 19.7 Å². The number of ether oxygens (including phenoxy) is 2. The molecule has 1 aromatic heterocycles. The highest BCUT2D eigenvalue weighted by molar-refractivity contribution is 6.40. The number of nitrogens with one attached hydrogen (secondary N) is 1. The second kappa shape index (κ2) is 9.05. The van der Waals surface area contributed by atoms with E-state index in [0.717, 1.165) is 0 Å². The molecule has 1 fully saturated rings. The molecule has 1 unspecified atom stereocenters. The second-order valence-corrected chi connectivity index (χ2v) is 7.02. The van der Waals surface area contributed by atoms with E-state index in [0.29, 0.717) is 37.6 Å². The molecule has 4 rings (SSSR count). The van der Waals surface area contributed by atoms with E-state index in [2.05, 4.69) is 15.3 Å². The van der Waals surface area contributed by atoms with E-state index in [4.69, 9.17) is 9.47 Å². The van der Waals surface area contributed by atoms with Crippen molar-refractivity contribution in [2.75, 3.05) is 32.9 Å². The molecule has 9 nitrogen and oxygen atoms in total. The number of hydrogen-bond acceptors (Lipinski definition) is 7. The topological polar surface area (TPSA) is 110 Å². The standard InChI is InChI=1S/C22H22N4O5/c1-2-31-22(29)19-18(15-5-3-4-6-16(15)24-19)25-20(27)14-7-8-17(23-13-14)21(28)26-9-11-30-12-10-26/h3-8,13,18H,2,9-12H2,1H3,(H,25,27). The molecule has 1 saturated heterocycles. The Bertz CT molecular complexity index is 1030. The fourth-order valence-electron chi connectivity index (χ4n) is 3.49. The monoisotopic (exact) mass is 422 g/mol. The molecule has 0 aliphatic carbocycles. The van der Waals surface area contributed by atoms with E-state index in [9.17, 15) is 14.4 Å². The van der Waals surface area contributed by atoms with Crippen LogP contribution >= 0.6 is 0 Å². The van der Waals surface area contributed by atoms with Gasteiger partial charge in [0.05, 0.1) is 31.1 Å². The Labute approximate surface area is 179 Å². The maximum atomic E-state index is 12.8. The first-order valence-electron chi connectivity index (χ1n) is 10.1. The molecule has 0 spiro atoms. The van der Waals surface area contributed by atoms with Gasteiger partial charge in [-0.2, -0.15) is 0 Å². The van der Waals surface area contributed by atoms with Crippen molar-refractivity contribution in [1.29, 1.82) is 0 Å². The van der Waals surface area contributed by atoms with E-state index in [1.807, 2.05) is 12.1 Å². The van der Waals surface area contributed by atoms with Crippen molar-refractivity contribution in [2.24, 2.45) is 4.99 Å². The van der Waals surface area contributed by atoms with E-state index in [-0.39, 0.29) is 29.5 Å². The molecule has 0 saturated carbocycles. The lowest BCUT2D eigenvalue weighted by Gasteiger charge is -2.26. The van der Waals surface area contributed by atoms with Crippen LogP contribution in [0.3, 0.4) is 0 Å². The Morgan fingerprint density at radius 2 is 1.94 bits per heavy atom. The van der Waals surface area contributed by atoms with Crippen LogP contribution in [0.25, 0.3) is 0 Å². The van der Waals surface area contributed by atoms with Crippen LogP contribution in [0, 0.1) is 0 Å². The molecular weight excluding hydrogens is 400 g/mol. The van der Waals surface area contributed by atoms with Gasteiger partial charge in [-0.25, -0.2) is 9.79 Å². The van der Waals surface area contributed by atoms with E-state index in [1.54, 1.807) is 24.0 Å². The first kappa shape index (κ1) is 20.7. The van der Waals surface area contributed by atoms with Crippen LogP contribution in [0.2, 0.25) is 0 Å². The lowest BCUT2D eigenvalue weighted by Crippen LogP contribution is -2.41. The van der Waals surface area contributed by atoms with Crippen molar-refractivity contribution in [1.82, 2.24) is 15.2 Å². The number of benzene rings is 1. The van der Waals surface area contributed by atoms with Crippen LogP contribution in [-0.2, 0) is 14.3 Å². The lowest BCUT2D eigenvalue weighted by molar-refractivity contribution is -0.135. The zero-order valence-electron chi connectivity index (χ0n) is 17.0. The van der Waals surface area contributed by atoms with Gasteiger partial charge in [-0.15, -0.1) is 0 Å². The zero-order chi connectivity index (χ0) is 21.8. The number of hydrogen-bond donors (Lipinski definition) is 1. The number of esters is 1. The minimum atomic E-state index is -0.725. The van der Waals surface area contributed by atoms with Crippen LogP contribution in [0.15, 0.2) is 47.6 Å². The predicted octanol–water partition coefficient (Wildman–Crippen LogP) is 1.67. The third-order valence-corrected chi connectivity index (χ3v) is 5.07. The summed E-state index contributed by atoms with van der Waals surface area (Å²) < 4.78 is 10.3. The molecule has 9 heteroatoms. The third-order valence-electron chi connectivity index (χ3n) is 5.07. The second-order valence-electron chi connectivity index (χ2n) is 7.02. The molecule has 0 radical (unpaired) electrons. The van der Waals surface area contributed by atoms with Crippen molar-refractivity contribution < 1.29 is 23.9 Å². The van der Waals surface area contributed by atoms with Crippen molar-refractivity contribution in [3.05, 3.63) is 59.4 Å². The van der Waals surface area contributed by atoms with Crippen LogP contribution in [0.1, 0.15) is 39.4 Å². The molecule has 0 bridgehead atoms. The van der Waals surface area contributed by atoms with Crippen LogP contribution in [0.5, 0.6) is 0 Å². The molecule has 31 heavy (non-hydrogen) atoms. The number of carbonyl (C=O) groups is 3. The quantitative estimate of drug-likeness (QED) is 0.734. The third kappa shape index (κ3) is 4.31. The van der Waals surface area contributed by atoms with E-state index >= 15 is 0 Å². The summed E-state index contributed by atoms with van der Waals surface area (Å²) in [4.78, 5) is 47.9. The maximum absolute atomic E-state index is 12.8. The Morgan fingerprint density at radius 1 is 1.16 bits per heavy atom. The number of para-hydroxylation sites is 1. The van der Waals surface area contributed by atoms with Gasteiger partial charge >= 0.3 is 5.97 Å². The van der Waals surface area contributed by atoms with Gasteiger partial charge in [0.25, 0.3) is 11.8 Å². The Balaban J connectivity index is 1.49. The van der Waals surface area contributed by atoms with E-state index in [1.165, 1.54) is 18.3 Å². The molecule has 1 aromatic carbocycles. The summed E-state index contributed by atoms with van der Waals surface area (Å²) in [5.74, 6) is -1.21. The number of carbonyl (C=O) groups excluding carboxylic acids is 3. The zero-order valence-corrected chi connectivity index (χ0v) is 17.0. The average Bonchev–Trinajstić information content (AvgIpc) is 3.18. The molecule has 2 amide bonds. The number of nitrogens with zero attached hydrogens (tertiary/aromatic N) is 3. The number of morpholine rings is 1. The van der Waals surface area contributed by atoms with Gasteiger partial charge in [-0.05, 0) is 25.1 Å². The molecule has 1 N–H and O–H groups in total. The van der Waals surface area contributed by atoms with Gasteiger partial charge in [-0.1, -0.05) is 18.2 Å². The summed E-state index contributed by atoms with van der Waals surface area (Å²) in [6.45, 7) is 3.94. The number of pyridine rings is 1. The SMILES string of the molecule is CCOC(=O)C1=Nc2ccccc2C1NC(=O)c1ccc(C(=O)N2CCOCC2)nc1. The number of rotatable bonds is 5. The van der Waals surface area contributed by atoms with Crippen molar-refractivity contribution in [3.8, 4) is 0 Å². The van der Waals surface area contributed by atoms with Crippen molar-refractivity contribution >= 4 is 29.2 Å². The van der Waals surface area contributed by atoms with Gasteiger partial charge in [0.15, 0.2) is 5.71 Å². The minimum Gasteiger partial charge on any atom is -0.461 e. The number of fused-ring (bicyclic) bond motifs is 1. The highest BCUT2D eigenvalue weighted by Crippen LogP contribution is 2.34. The molecule has 2 aliphatic heterocycles. The Morgan fingerprint density at radius 3 is 2.65 bits per heavy atom. The minimum absolute atomic E-state index is 0.128. The maximum Gasteiger partial charge on any atom is 0.355 e. The van der Waals surface area contributed by atoms with Gasteiger partial charge in [0.1, 0.15) is 11.7 Å². The smallest absolute Gasteiger partial charge is 0.355 e. The molecule has 1 atom stereocenters. The average molecular weight is 422 g/mol. The fourth-order valence-corrected chi connectivity index (χ4v) is 3.49. The van der Waals surface area contributed by atoms with Gasteiger partial charge in [-0.3, -0.25) is 14.6 Å². The first-order chi connectivity index (χ1) is 15.1. The summed E-state index contributed by atoms with van der Waals surface area (Å²) in [6.07, 6.45) is 1.35. The van der Waals surface area contributed by atoms with E-state index < -0.39 is 17.9 Å². The summed E-state index contributed by atoms with van der Waals surface area (Å²) in [7, 11) is 0. The highest BCUT2D eigenvalue weighted by atomic mass is 16.5. The fraction of sp³-hybridized carbons (Fsp3) is 0.318. The summed E-state index contributed by atoms with van der Waals surface area (Å²) in [6, 6.07) is 9.54.